The van der Waals surface area contributed by atoms with Gasteiger partial charge in [-0.3, -0.25) is 0 Å². The van der Waals surface area contributed by atoms with E-state index >= 15 is 0 Å². The van der Waals surface area contributed by atoms with Crippen LogP contribution in [0.4, 0.5) is 10.1 Å². The highest BCUT2D eigenvalue weighted by atomic mass is 19.1. The Morgan fingerprint density at radius 1 is 1.20 bits per heavy atom. The molecule has 20 heavy (non-hydrogen) atoms. The van der Waals surface area contributed by atoms with Crippen molar-refractivity contribution in [2.24, 2.45) is 0 Å². The Morgan fingerprint density at radius 3 is 2.70 bits per heavy atom. The van der Waals surface area contributed by atoms with Crippen LogP contribution in [-0.4, -0.2) is 14.1 Å². The molecule has 102 valence electrons. The first-order chi connectivity index (χ1) is 9.58. The second kappa shape index (κ2) is 6.07. The molecule has 0 aliphatic carbocycles. The minimum atomic E-state index is -0.426. The quantitative estimate of drug-likeness (QED) is 0.855. The first-order valence-electron chi connectivity index (χ1n) is 6.18. The number of halogens is 1. The number of ether oxygens (including phenoxy) is 1. The first-order valence-corrected chi connectivity index (χ1v) is 6.18. The van der Waals surface area contributed by atoms with Crippen LogP contribution in [0.3, 0.4) is 0 Å². The molecule has 0 atom stereocenters. The smallest absolute Gasteiger partial charge is 0.124 e. The molecule has 0 fully saturated rings. The summed E-state index contributed by atoms with van der Waals surface area (Å²) < 4.78 is 18.9. The summed E-state index contributed by atoms with van der Waals surface area (Å²) in [6.45, 7) is 0.226. The third-order valence-electron chi connectivity index (χ3n) is 2.83. The fraction of sp³-hybridized carbons (Fsp3) is 0.188. The van der Waals surface area contributed by atoms with Crippen molar-refractivity contribution >= 4 is 5.69 Å². The monoisotopic (exact) mass is 270 g/mol. The average Bonchev–Trinajstić information content (AvgIpc) is 2.44. The van der Waals surface area contributed by atoms with Gasteiger partial charge in [-0.1, -0.05) is 6.07 Å². The summed E-state index contributed by atoms with van der Waals surface area (Å²) in [6, 6.07) is 13.8. The van der Waals surface area contributed by atoms with Gasteiger partial charge in [0.25, 0.3) is 0 Å². The number of nitriles is 1. The van der Waals surface area contributed by atoms with Gasteiger partial charge in [0.1, 0.15) is 18.2 Å². The van der Waals surface area contributed by atoms with Crippen LogP contribution in [0.5, 0.6) is 5.75 Å². The lowest BCUT2D eigenvalue weighted by atomic mass is 10.1. The lowest BCUT2D eigenvalue weighted by Crippen LogP contribution is -2.08. The lowest BCUT2D eigenvalue weighted by molar-refractivity contribution is 0.305. The summed E-state index contributed by atoms with van der Waals surface area (Å²) in [5.74, 6) is 0.281. The fourth-order valence-corrected chi connectivity index (χ4v) is 1.82. The van der Waals surface area contributed by atoms with Crippen molar-refractivity contribution in [3.8, 4) is 11.8 Å². The Hall–Kier alpha value is -2.54. The molecule has 0 aromatic heterocycles. The average molecular weight is 270 g/mol. The molecule has 0 spiro atoms. The molecule has 0 saturated carbocycles. The van der Waals surface area contributed by atoms with E-state index in [1.54, 1.807) is 6.07 Å². The minimum absolute atomic E-state index is 0.226. The summed E-state index contributed by atoms with van der Waals surface area (Å²) in [5, 5.41) is 8.81. The van der Waals surface area contributed by atoms with Crippen molar-refractivity contribution in [1.29, 1.82) is 5.26 Å². The fourth-order valence-electron chi connectivity index (χ4n) is 1.82. The number of nitrogens with zero attached hydrogens (tertiary/aromatic N) is 2. The zero-order valence-electron chi connectivity index (χ0n) is 11.4. The van der Waals surface area contributed by atoms with Crippen molar-refractivity contribution in [3.05, 3.63) is 59.4 Å². The molecule has 2 aromatic rings. The molecule has 0 heterocycles. The van der Waals surface area contributed by atoms with Gasteiger partial charge in [-0.05, 0) is 35.9 Å². The van der Waals surface area contributed by atoms with Gasteiger partial charge in [0.05, 0.1) is 11.6 Å². The molecule has 0 amide bonds. The van der Waals surface area contributed by atoms with Gasteiger partial charge in [-0.25, -0.2) is 4.39 Å². The van der Waals surface area contributed by atoms with Crippen LogP contribution in [-0.2, 0) is 6.61 Å². The Balaban J connectivity index is 2.11. The van der Waals surface area contributed by atoms with Crippen molar-refractivity contribution in [1.82, 2.24) is 0 Å². The third kappa shape index (κ3) is 3.48. The predicted octanol–water partition coefficient (Wildman–Crippen LogP) is 3.34. The van der Waals surface area contributed by atoms with Crippen LogP contribution in [0, 0.1) is 17.1 Å². The predicted molar refractivity (Wildman–Crippen MR) is 76.2 cm³/mol. The topological polar surface area (TPSA) is 36.3 Å². The Kier molecular flexibility index (Phi) is 4.21. The molecule has 2 aromatic carbocycles. The van der Waals surface area contributed by atoms with Gasteiger partial charge in [0.2, 0.25) is 0 Å². The van der Waals surface area contributed by atoms with Crippen LogP contribution in [0.2, 0.25) is 0 Å². The van der Waals surface area contributed by atoms with Crippen LogP contribution in [0.25, 0.3) is 0 Å². The highest BCUT2D eigenvalue weighted by molar-refractivity contribution is 5.49. The molecular formula is C16H15FN2O. The number of hydrogen-bond donors (Lipinski definition) is 0. The summed E-state index contributed by atoms with van der Waals surface area (Å²) in [7, 11) is 3.90. The standard InChI is InChI=1S/C16H15FN2O/c1-19(2)15-4-3-5-16(9-15)20-11-13-6-12(10-18)7-14(17)8-13/h3-9H,11H2,1-2H3. The van der Waals surface area contributed by atoms with Crippen molar-refractivity contribution in [2.45, 2.75) is 6.61 Å². The van der Waals surface area contributed by atoms with Gasteiger partial charge >= 0.3 is 0 Å². The molecule has 0 bridgehead atoms. The van der Waals surface area contributed by atoms with Crippen molar-refractivity contribution in [3.63, 3.8) is 0 Å². The number of benzene rings is 2. The Morgan fingerprint density at radius 2 is 2.00 bits per heavy atom. The normalized spacial score (nSPS) is 9.90. The van der Waals surface area contributed by atoms with E-state index < -0.39 is 5.82 Å². The van der Waals surface area contributed by atoms with E-state index in [-0.39, 0.29) is 6.61 Å². The molecule has 0 aliphatic heterocycles. The second-order valence-electron chi connectivity index (χ2n) is 4.64. The molecule has 3 nitrogen and oxygen atoms in total. The van der Waals surface area contributed by atoms with Crippen molar-refractivity contribution in [2.75, 3.05) is 19.0 Å². The Labute approximate surface area is 117 Å². The molecule has 0 saturated heterocycles. The van der Waals surface area contributed by atoms with Gasteiger partial charge in [0.15, 0.2) is 0 Å². The van der Waals surface area contributed by atoms with Crippen molar-refractivity contribution < 1.29 is 9.13 Å². The van der Waals surface area contributed by atoms with E-state index in [1.807, 2.05) is 49.3 Å². The summed E-state index contributed by atoms with van der Waals surface area (Å²) in [5.41, 5.74) is 1.96. The largest absolute Gasteiger partial charge is 0.489 e. The van der Waals surface area contributed by atoms with E-state index in [1.165, 1.54) is 12.1 Å². The minimum Gasteiger partial charge on any atom is -0.489 e. The number of rotatable bonds is 4. The SMILES string of the molecule is CN(C)c1cccc(OCc2cc(F)cc(C#N)c2)c1. The lowest BCUT2D eigenvalue weighted by Gasteiger charge is -2.14. The maximum atomic E-state index is 13.3. The molecule has 2 rings (SSSR count). The van der Waals surface area contributed by atoms with E-state index in [2.05, 4.69) is 0 Å². The van der Waals surface area contributed by atoms with Crippen LogP contribution >= 0.6 is 0 Å². The van der Waals surface area contributed by atoms with Gasteiger partial charge in [-0.2, -0.15) is 5.26 Å². The molecule has 0 radical (unpaired) electrons. The van der Waals surface area contributed by atoms with Crippen LogP contribution in [0.1, 0.15) is 11.1 Å². The zero-order valence-corrected chi connectivity index (χ0v) is 11.4. The number of anilines is 1. The van der Waals surface area contributed by atoms with E-state index in [4.69, 9.17) is 10.00 Å². The molecule has 4 heteroatoms. The molecule has 0 N–H and O–H groups in total. The third-order valence-corrected chi connectivity index (χ3v) is 2.83. The van der Waals surface area contributed by atoms with E-state index in [0.29, 0.717) is 16.9 Å². The van der Waals surface area contributed by atoms with Gasteiger partial charge < -0.3 is 9.64 Å². The van der Waals surface area contributed by atoms with E-state index in [9.17, 15) is 4.39 Å². The molecule has 0 unspecified atom stereocenters. The maximum absolute atomic E-state index is 13.3. The Bertz CT molecular complexity index is 647. The summed E-state index contributed by atoms with van der Waals surface area (Å²) in [6.07, 6.45) is 0. The maximum Gasteiger partial charge on any atom is 0.124 e. The molecule has 0 aliphatic rings. The highest BCUT2D eigenvalue weighted by Gasteiger charge is 2.03. The summed E-state index contributed by atoms with van der Waals surface area (Å²) >= 11 is 0. The first kappa shape index (κ1) is 13.9. The second-order valence-corrected chi connectivity index (χ2v) is 4.64. The van der Waals surface area contributed by atoms with Crippen LogP contribution < -0.4 is 9.64 Å². The van der Waals surface area contributed by atoms with Gasteiger partial charge in [-0.15, -0.1) is 0 Å². The van der Waals surface area contributed by atoms with Crippen LogP contribution in [0.15, 0.2) is 42.5 Å². The molecular weight excluding hydrogens is 255 g/mol. The van der Waals surface area contributed by atoms with Gasteiger partial charge in [0, 0.05) is 25.8 Å². The van der Waals surface area contributed by atoms with E-state index in [0.717, 1.165) is 5.69 Å². The number of hydrogen-bond acceptors (Lipinski definition) is 3. The zero-order chi connectivity index (χ0) is 14.5. The highest BCUT2D eigenvalue weighted by Crippen LogP contribution is 2.20. The summed E-state index contributed by atoms with van der Waals surface area (Å²) in [4.78, 5) is 1.98.